The van der Waals surface area contributed by atoms with Crippen molar-refractivity contribution < 1.29 is 42.9 Å². The number of nitrogens with zero attached hydrogens (tertiary/aromatic N) is 6. The summed E-state index contributed by atoms with van der Waals surface area (Å²) in [6, 6.07) is 7.93. The van der Waals surface area contributed by atoms with E-state index in [1.165, 1.54) is 18.3 Å². The van der Waals surface area contributed by atoms with Crippen LogP contribution in [0.15, 0.2) is 67.0 Å². The number of aromatic nitrogens is 6. The van der Waals surface area contributed by atoms with Crippen molar-refractivity contribution in [1.82, 2.24) is 29.1 Å². The number of hydrogen-bond donors (Lipinski definition) is 6. The second kappa shape index (κ2) is 24.3. The molecule has 2 aromatic carbocycles. The highest BCUT2D eigenvalue weighted by molar-refractivity contribution is 5.99. The van der Waals surface area contributed by atoms with E-state index in [2.05, 4.69) is 31.1 Å². The number of nitrogen functional groups attached to an aromatic ring is 1. The van der Waals surface area contributed by atoms with Gasteiger partial charge in [0.25, 0.3) is 0 Å². The van der Waals surface area contributed by atoms with Gasteiger partial charge < -0.3 is 51.3 Å². The van der Waals surface area contributed by atoms with Crippen LogP contribution < -0.4 is 42.6 Å². The minimum Gasteiger partial charge on any atom is -0.491 e. The highest BCUT2D eigenvalue weighted by Gasteiger charge is 2.19. The standard InChI is InChI=1S/C38H50N10O8.C7H10N2O/c1-6-53-31(49)12-11-17-55-30-21-25(35(41)51)19-28-33(30)48(36(42-5)46-28)15-8-7-13-43-32-27(39)18-24(34(40)50)20-29(32)54-16-10-9-14-47-23-26(22-44-47)45-37(52)56-38(2,3)4;1-3-9-7(5-10)4-6(2)8-9/h7-10,18-23,43H,6,11-17,39H2,1-5H3,(H2,40,50)(H2,41,51)(H,42,46)(H,45,52);4-5H,3H2,1-2H3/b8-7+,10-9+;. The van der Waals surface area contributed by atoms with Gasteiger partial charge in [0.15, 0.2) is 6.29 Å². The Morgan fingerprint density at radius 3 is 2.27 bits per heavy atom. The molecule has 0 saturated carbocycles. The number of nitrogens with one attached hydrogen (secondary N) is 3. The fraction of sp³-hybridized carbons (Fsp3) is 0.378. The normalized spacial score (nSPS) is 11.3. The molecule has 0 saturated heterocycles. The van der Waals surface area contributed by atoms with E-state index in [1.54, 1.807) is 74.6 Å². The second-order valence-corrected chi connectivity index (χ2v) is 15.4. The summed E-state index contributed by atoms with van der Waals surface area (Å²) in [5.74, 6) is -0.359. The minimum atomic E-state index is -0.656. The van der Waals surface area contributed by atoms with Crippen molar-refractivity contribution in [2.45, 2.75) is 79.6 Å². The van der Waals surface area contributed by atoms with Crippen LogP contribution in [0.4, 0.5) is 27.8 Å². The molecule has 0 unspecified atom stereocenters. The highest BCUT2D eigenvalue weighted by atomic mass is 16.6. The van der Waals surface area contributed by atoms with Gasteiger partial charge >= 0.3 is 12.1 Å². The van der Waals surface area contributed by atoms with Crippen molar-refractivity contribution in [1.29, 1.82) is 0 Å². The van der Waals surface area contributed by atoms with Crippen molar-refractivity contribution in [3.63, 3.8) is 0 Å². The first-order chi connectivity index (χ1) is 31.5. The smallest absolute Gasteiger partial charge is 0.412 e. The number of aryl methyl sites for hydroxylation is 2. The number of carbonyl (C=O) groups is 5. The molecule has 3 amide bonds. The van der Waals surface area contributed by atoms with Crippen LogP contribution >= 0.6 is 0 Å². The number of primary amides is 2. The lowest BCUT2D eigenvalue weighted by atomic mass is 10.1. The van der Waals surface area contributed by atoms with Gasteiger partial charge in [-0.15, -0.1) is 0 Å². The van der Waals surface area contributed by atoms with Gasteiger partial charge in [-0.05, 0) is 84.4 Å². The summed E-state index contributed by atoms with van der Waals surface area (Å²) in [5.41, 5.74) is 21.2. The summed E-state index contributed by atoms with van der Waals surface area (Å²) >= 11 is 0. The second-order valence-electron chi connectivity index (χ2n) is 15.4. The molecule has 21 nitrogen and oxygen atoms in total. The maximum absolute atomic E-state index is 12.1. The average molecular weight is 913 g/mol. The van der Waals surface area contributed by atoms with E-state index in [-0.39, 0.29) is 42.4 Å². The average Bonchev–Trinajstić information content (AvgIpc) is 3.97. The number of nitrogens with two attached hydrogens (primary N) is 3. The number of carbonyl (C=O) groups excluding carboxylic acids is 5. The van der Waals surface area contributed by atoms with Crippen molar-refractivity contribution in [2.24, 2.45) is 11.5 Å². The SMILES string of the molecule is CCOC(=O)CCCOc1cc(C(N)=O)cc2nc(NC)n(C/C=C/CNc3c(N)cc(C(N)=O)cc3OC/C=C/Cn3cc(NC(=O)OC(C)(C)C)cn3)c12.CCn1nc(C)cc1C=O. The lowest BCUT2D eigenvalue weighted by molar-refractivity contribution is -0.143. The topological polar surface area (TPSA) is 290 Å². The zero-order valence-corrected chi connectivity index (χ0v) is 38.4. The van der Waals surface area contributed by atoms with E-state index in [4.69, 9.17) is 36.1 Å². The number of rotatable bonds is 22. The predicted octanol–water partition coefficient (Wildman–Crippen LogP) is 5.45. The summed E-state index contributed by atoms with van der Waals surface area (Å²) in [6.07, 6.45) is 11.4. The molecular formula is C45H60N12O9. The number of aldehydes is 1. The third kappa shape index (κ3) is 15.2. The zero-order valence-electron chi connectivity index (χ0n) is 38.4. The van der Waals surface area contributed by atoms with Crippen LogP contribution in [-0.4, -0.2) is 98.3 Å². The molecule has 0 fully saturated rings. The third-order valence-electron chi connectivity index (χ3n) is 9.10. The maximum Gasteiger partial charge on any atom is 0.412 e. The Morgan fingerprint density at radius 2 is 1.62 bits per heavy atom. The first-order valence-corrected chi connectivity index (χ1v) is 21.2. The van der Waals surface area contributed by atoms with Crippen LogP contribution in [-0.2, 0) is 33.9 Å². The van der Waals surface area contributed by atoms with Crippen molar-refractivity contribution in [3.8, 4) is 11.5 Å². The van der Waals surface area contributed by atoms with Gasteiger partial charge in [-0.2, -0.15) is 10.2 Å². The molecule has 0 aliphatic rings. The number of anilines is 4. The molecule has 21 heteroatoms. The number of amides is 3. The van der Waals surface area contributed by atoms with Crippen molar-refractivity contribution >= 4 is 64.2 Å². The molecule has 3 aromatic heterocycles. The van der Waals surface area contributed by atoms with Gasteiger partial charge in [0.1, 0.15) is 40.6 Å². The molecule has 5 rings (SSSR count). The summed E-state index contributed by atoms with van der Waals surface area (Å²) in [5, 5.41) is 17.3. The van der Waals surface area contributed by atoms with Crippen LogP contribution in [0.3, 0.4) is 0 Å². The molecule has 0 aliphatic heterocycles. The summed E-state index contributed by atoms with van der Waals surface area (Å²) in [7, 11) is 1.73. The zero-order chi connectivity index (χ0) is 48.4. The largest absolute Gasteiger partial charge is 0.491 e. The number of allylic oxidation sites excluding steroid dienone is 2. The molecule has 0 radical (unpaired) electrons. The molecule has 0 spiro atoms. The first-order valence-electron chi connectivity index (χ1n) is 21.2. The fourth-order valence-corrected chi connectivity index (χ4v) is 6.24. The van der Waals surface area contributed by atoms with Gasteiger partial charge in [-0.3, -0.25) is 33.9 Å². The number of fused-ring (bicyclic) bond motifs is 1. The van der Waals surface area contributed by atoms with Crippen LogP contribution in [0, 0.1) is 6.92 Å². The quantitative estimate of drug-likeness (QED) is 0.0165. The van der Waals surface area contributed by atoms with Crippen molar-refractivity contribution in [2.75, 3.05) is 55.1 Å². The molecular weight excluding hydrogens is 853 g/mol. The van der Waals surface area contributed by atoms with Gasteiger partial charge in [-0.25, -0.2) is 9.78 Å². The monoisotopic (exact) mass is 912 g/mol. The van der Waals surface area contributed by atoms with Gasteiger partial charge in [-0.1, -0.05) is 18.2 Å². The number of benzene rings is 2. The maximum atomic E-state index is 12.1. The first kappa shape index (κ1) is 50.8. The Bertz CT molecular complexity index is 2530. The van der Waals surface area contributed by atoms with Crippen LogP contribution in [0.5, 0.6) is 11.5 Å². The Labute approximate surface area is 382 Å². The number of hydrogen-bond acceptors (Lipinski definition) is 15. The number of imidazole rings is 1. The molecule has 0 atom stereocenters. The van der Waals surface area contributed by atoms with E-state index in [1.807, 2.05) is 36.6 Å². The van der Waals surface area contributed by atoms with Crippen molar-refractivity contribution in [3.05, 3.63) is 89.5 Å². The van der Waals surface area contributed by atoms with E-state index in [0.29, 0.717) is 78.2 Å². The molecule has 9 N–H and O–H groups in total. The molecule has 0 aliphatic carbocycles. The van der Waals surface area contributed by atoms with E-state index in [0.717, 1.165) is 18.5 Å². The minimum absolute atomic E-state index is 0.141. The van der Waals surface area contributed by atoms with Gasteiger partial charge in [0.2, 0.25) is 17.8 Å². The number of esters is 1. The van der Waals surface area contributed by atoms with Crippen LogP contribution in [0.2, 0.25) is 0 Å². The lowest BCUT2D eigenvalue weighted by Crippen LogP contribution is -2.27. The Kier molecular flexibility index (Phi) is 18.7. The summed E-state index contributed by atoms with van der Waals surface area (Å²) < 4.78 is 27.5. The molecule has 3 heterocycles. The fourth-order valence-electron chi connectivity index (χ4n) is 6.24. The van der Waals surface area contributed by atoms with Crippen LogP contribution in [0.25, 0.3) is 11.0 Å². The van der Waals surface area contributed by atoms with Crippen LogP contribution in [0.1, 0.15) is 84.4 Å². The molecule has 5 aromatic rings. The van der Waals surface area contributed by atoms with E-state index < -0.39 is 23.5 Å². The van der Waals surface area contributed by atoms with Gasteiger partial charge in [0, 0.05) is 50.4 Å². The number of ether oxygens (including phenoxy) is 4. The predicted molar refractivity (Wildman–Crippen MR) is 251 cm³/mol. The highest BCUT2D eigenvalue weighted by Crippen LogP contribution is 2.33. The molecule has 0 bridgehead atoms. The summed E-state index contributed by atoms with van der Waals surface area (Å²) in [4.78, 5) is 62.9. The Morgan fingerprint density at radius 1 is 0.909 bits per heavy atom. The van der Waals surface area contributed by atoms with E-state index >= 15 is 0 Å². The molecule has 354 valence electrons. The third-order valence-corrected chi connectivity index (χ3v) is 9.10. The molecule has 66 heavy (non-hydrogen) atoms. The lowest BCUT2D eigenvalue weighted by Gasteiger charge is -2.19. The van der Waals surface area contributed by atoms with Gasteiger partial charge in [0.05, 0.1) is 48.5 Å². The Hall–Kier alpha value is -7.84. The Balaban J connectivity index is 0.000000839. The van der Waals surface area contributed by atoms with E-state index in [9.17, 15) is 24.0 Å². The summed E-state index contributed by atoms with van der Waals surface area (Å²) in [6.45, 7) is 13.4.